The fourth-order valence-electron chi connectivity index (χ4n) is 4.69. The van der Waals surface area contributed by atoms with Crippen molar-refractivity contribution in [3.63, 3.8) is 0 Å². The highest BCUT2D eigenvalue weighted by molar-refractivity contribution is 5.92. The molecule has 168 valence electrons. The van der Waals surface area contributed by atoms with Gasteiger partial charge in [0.1, 0.15) is 11.3 Å². The summed E-state index contributed by atoms with van der Waals surface area (Å²) in [4.78, 5) is 18.5. The lowest BCUT2D eigenvalue weighted by atomic mass is 10.1. The summed E-state index contributed by atoms with van der Waals surface area (Å²) in [5.74, 6) is 1.60. The van der Waals surface area contributed by atoms with Crippen LogP contribution in [0, 0.1) is 0 Å². The van der Waals surface area contributed by atoms with Gasteiger partial charge in [-0.3, -0.25) is 9.80 Å². The number of carbonyl (C=O) groups is 1. The van der Waals surface area contributed by atoms with Crippen molar-refractivity contribution < 1.29 is 13.9 Å². The number of carbonyl (C=O) groups excluding carboxylic acids is 1. The maximum absolute atomic E-state index is 12.0. The average Bonchev–Trinajstić information content (AvgIpc) is 3.46. The van der Waals surface area contributed by atoms with Crippen LogP contribution in [0.2, 0.25) is 0 Å². The summed E-state index contributed by atoms with van der Waals surface area (Å²) in [6.07, 6.45) is 2.90. The summed E-state index contributed by atoms with van der Waals surface area (Å²) in [6, 6.07) is 15.6. The Balaban J connectivity index is 1.10. The van der Waals surface area contributed by atoms with Crippen molar-refractivity contribution in [3.05, 3.63) is 54.1 Å². The van der Waals surface area contributed by atoms with Crippen LogP contribution in [-0.4, -0.2) is 56.8 Å². The highest BCUT2D eigenvalue weighted by Crippen LogP contribution is 2.36. The molecule has 0 aliphatic carbocycles. The summed E-state index contributed by atoms with van der Waals surface area (Å²) in [6.45, 7) is 6.45. The van der Waals surface area contributed by atoms with Crippen molar-refractivity contribution >= 4 is 28.6 Å². The van der Waals surface area contributed by atoms with E-state index < -0.39 is 6.03 Å². The Morgan fingerprint density at radius 2 is 1.88 bits per heavy atom. The van der Waals surface area contributed by atoms with E-state index in [9.17, 15) is 4.79 Å². The van der Waals surface area contributed by atoms with Gasteiger partial charge >= 0.3 is 6.03 Å². The monoisotopic (exact) mass is 434 g/mol. The number of ether oxygens (including phenoxy) is 1. The lowest BCUT2D eigenvalue weighted by molar-refractivity contribution is 0.248. The summed E-state index contributed by atoms with van der Waals surface area (Å²) in [5.41, 5.74) is 8.96. The number of fused-ring (bicyclic) bond motifs is 2. The van der Waals surface area contributed by atoms with Gasteiger partial charge < -0.3 is 19.8 Å². The Morgan fingerprint density at radius 3 is 2.69 bits per heavy atom. The molecule has 5 rings (SSSR count). The van der Waals surface area contributed by atoms with Gasteiger partial charge in [-0.1, -0.05) is 30.3 Å². The van der Waals surface area contributed by atoms with Gasteiger partial charge in [-0.15, -0.1) is 0 Å². The lowest BCUT2D eigenvalue weighted by Crippen LogP contribution is -2.46. The van der Waals surface area contributed by atoms with Crippen LogP contribution < -0.4 is 20.3 Å². The number of nitrogens with zero attached hydrogens (tertiary/aromatic N) is 3. The summed E-state index contributed by atoms with van der Waals surface area (Å²) in [5, 5.41) is 0.973. The van der Waals surface area contributed by atoms with Gasteiger partial charge in [-0.05, 0) is 37.1 Å². The Kier molecular flexibility index (Phi) is 5.90. The predicted molar refractivity (Wildman–Crippen MR) is 127 cm³/mol. The molecule has 7 nitrogen and oxygen atoms in total. The zero-order valence-corrected chi connectivity index (χ0v) is 18.3. The Labute approximate surface area is 188 Å². The molecule has 1 aromatic heterocycles. The SMILES string of the molecule is NC(=O)N(CCCCN1CCN(c2cccc3c2OCC3)CC1)c1cc2ccccc2o1. The Hall–Kier alpha value is -3.19. The molecule has 2 aliphatic heterocycles. The number of unbranched alkanes of at least 4 members (excludes halogenated alkanes) is 1. The van der Waals surface area contributed by atoms with Gasteiger partial charge in [0, 0.05) is 50.6 Å². The number of anilines is 2. The van der Waals surface area contributed by atoms with E-state index in [1.165, 1.54) is 16.2 Å². The number of hydrogen-bond acceptors (Lipinski definition) is 5. The van der Waals surface area contributed by atoms with E-state index in [1.807, 2.05) is 30.3 Å². The molecule has 0 radical (unpaired) electrons. The van der Waals surface area contributed by atoms with Crippen LogP contribution in [0.15, 0.2) is 52.9 Å². The fourth-order valence-corrected chi connectivity index (χ4v) is 4.69. The minimum atomic E-state index is -0.477. The molecule has 3 heterocycles. The van der Waals surface area contributed by atoms with Crippen LogP contribution in [0.5, 0.6) is 5.75 Å². The second kappa shape index (κ2) is 9.12. The molecule has 0 unspecified atom stereocenters. The molecule has 1 saturated heterocycles. The molecule has 0 bridgehead atoms. The van der Waals surface area contributed by atoms with Gasteiger partial charge in [-0.25, -0.2) is 4.79 Å². The topological polar surface area (TPSA) is 75.2 Å². The third-order valence-corrected chi connectivity index (χ3v) is 6.46. The maximum Gasteiger partial charge on any atom is 0.321 e. The smallest absolute Gasteiger partial charge is 0.321 e. The fraction of sp³-hybridized carbons (Fsp3) is 0.400. The van der Waals surface area contributed by atoms with Crippen LogP contribution in [0.25, 0.3) is 11.0 Å². The van der Waals surface area contributed by atoms with E-state index in [1.54, 1.807) is 0 Å². The minimum Gasteiger partial charge on any atom is -0.491 e. The molecule has 0 saturated carbocycles. The predicted octanol–water partition coefficient (Wildman–Crippen LogP) is 3.86. The highest BCUT2D eigenvalue weighted by atomic mass is 16.5. The van der Waals surface area contributed by atoms with Gasteiger partial charge in [0.05, 0.1) is 12.3 Å². The van der Waals surface area contributed by atoms with Gasteiger partial charge in [0.2, 0.25) is 5.88 Å². The van der Waals surface area contributed by atoms with Crippen LogP contribution >= 0.6 is 0 Å². The molecular weight excluding hydrogens is 404 g/mol. The molecule has 1 fully saturated rings. The van der Waals surface area contributed by atoms with Crippen molar-refractivity contribution in [2.45, 2.75) is 19.3 Å². The zero-order chi connectivity index (χ0) is 21.9. The quantitative estimate of drug-likeness (QED) is 0.572. The van der Waals surface area contributed by atoms with Crippen molar-refractivity contribution in [2.24, 2.45) is 5.73 Å². The Bertz CT molecular complexity index is 1050. The normalized spacial score (nSPS) is 16.2. The maximum atomic E-state index is 12.0. The molecular formula is C25H30N4O3. The molecule has 2 aliphatic rings. The van der Waals surface area contributed by atoms with Gasteiger partial charge in [0.15, 0.2) is 0 Å². The zero-order valence-electron chi connectivity index (χ0n) is 18.3. The number of furan rings is 1. The number of para-hydroxylation sites is 2. The second-order valence-corrected chi connectivity index (χ2v) is 8.51. The standard InChI is InChI=1S/C25H30N4O3/c26-25(30)29(23-18-20-6-1-2-9-22(20)32-23)12-4-3-11-27-13-15-28(16-14-27)21-8-5-7-19-10-17-31-24(19)21/h1-2,5-9,18H,3-4,10-17H2,(H2,26,30). The molecule has 32 heavy (non-hydrogen) atoms. The Morgan fingerprint density at radius 1 is 1.03 bits per heavy atom. The summed E-state index contributed by atoms with van der Waals surface area (Å²) >= 11 is 0. The van der Waals surface area contributed by atoms with Crippen molar-refractivity contribution in [1.82, 2.24) is 4.90 Å². The van der Waals surface area contributed by atoms with Crippen LogP contribution in [0.4, 0.5) is 16.4 Å². The van der Waals surface area contributed by atoms with E-state index in [4.69, 9.17) is 14.9 Å². The van der Waals surface area contributed by atoms with Crippen molar-refractivity contribution in [3.8, 4) is 5.75 Å². The van der Waals surface area contributed by atoms with Gasteiger partial charge in [0.25, 0.3) is 0 Å². The second-order valence-electron chi connectivity index (χ2n) is 8.51. The number of amides is 2. The number of rotatable bonds is 7. The van der Waals surface area contributed by atoms with Crippen LogP contribution in [-0.2, 0) is 6.42 Å². The molecule has 7 heteroatoms. The molecule has 0 spiro atoms. The minimum absolute atomic E-state index is 0.477. The van der Waals surface area contributed by atoms with E-state index >= 15 is 0 Å². The first-order valence-corrected chi connectivity index (χ1v) is 11.5. The van der Waals surface area contributed by atoms with E-state index in [2.05, 4.69) is 28.0 Å². The highest BCUT2D eigenvalue weighted by Gasteiger charge is 2.23. The number of nitrogens with two attached hydrogens (primary N) is 1. The number of urea groups is 1. The molecule has 3 aromatic rings. The largest absolute Gasteiger partial charge is 0.491 e. The lowest BCUT2D eigenvalue weighted by Gasteiger charge is -2.36. The first-order chi connectivity index (χ1) is 15.7. The summed E-state index contributed by atoms with van der Waals surface area (Å²) in [7, 11) is 0. The van der Waals surface area contributed by atoms with E-state index in [0.29, 0.717) is 12.4 Å². The average molecular weight is 435 g/mol. The third kappa shape index (κ3) is 4.25. The van der Waals surface area contributed by atoms with Crippen LogP contribution in [0.3, 0.4) is 0 Å². The molecule has 0 atom stereocenters. The number of primary amides is 1. The molecule has 2 aromatic carbocycles. The molecule has 2 amide bonds. The van der Waals surface area contributed by atoms with Crippen LogP contribution in [0.1, 0.15) is 18.4 Å². The van der Waals surface area contributed by atoms with E-state index in [-0.39, 0.29) is 0 Å². The number of benzene rings is 2. The molecule has 2 N–H and O–H groups in total. The van der Waals surface area contributed by atoms with Crippen molar-refractivity contribution in [1.29, 1.82) is 0 Å². The van der Waals surface area contributed by atoms with Gasteiger partial charge in [-0.2, -0.15) is 0 Å². The first-order valence-electron chi connectivity index (χ1n) is 11.5. The van der Waals surface area contributed by atoms with E-state index in [0.717, 1.165) is 75.3 Å². The first kappa shape index (κ1) is 20.7. The third-order valence-electron chi connectivity index (χ3n) is 6.46. The van der Waals surface area contributed by atoms with Crippen molar-refractivity contribution in [2.75, 3.05) is 55.7 Å². The number of hydrogen-bond donors (Lipinski definition) is 1. The number of piperazine rings is 1. The summed E-state index contributed by atoms with van der Waals surface area (Å²) < 4.78 is 11.7.